The molecular formula is C19H31NO. The molecule has 1 N–H and O–H groups in total. The largest absolute Gasteiger partial charge is 0.487 e. The molecule has 1 aromatic rings. The third-order valence-electron chi connectivity index (χ3n) is 4.69. The molecule has 0 aliphatic carbocycles. The van der Waals surface area contributed by atoms with Crippen LogP contribution in [0.1, 0.15) is 76.0 Å². The zero-order valence-corrected chi connectivity index (χ0v) is 14.2. The van der Waals surface area contributed by atoms with E-state index in [9.17, 15) is 0 Å². The first kappa shape index (κ1) is 16.4. The molecule has 1 heterocycles. The average Bonchev–Trinajstić information content (AvgIpc) is 2.47. The Balaban J connectivity index is 2.01. The minimum Gasteiger partial charge on any atom is -0.487 e. The molecule has 2 nitrogen and oxygen atoms in total. The average molecular weight is 289 g/mol. The van der Waals surface area contributed by atoms with Crippen LogP contribution in [0.15, 0.2) is 18.2 Å². The van der Waals surface area contributed by atoms with Gasteiger partial charge in [-0.05, 0) is 39.8 Å². The van der Waals surface area contributed by atoms with Gasteiger partial charge in [0.05, 0.1) is 0 Å². The Labute approximate surface area is 130 Å². The molecule has 0 saturated heterocycles. The van der Waals surface area contributed by atoms with Crippen LogP contribution in [0.25, 0.3) is 0 Å². The highest BCUT2D eigenvalue weighted by atomic mass is 16.5. The Morgan fingerprint density at radius 1 is 1.24 bits per heavy atom. The Hall–Kier alpha value is -1.02. The van der Waals surface area contributed by atoms with Gasteiger partial charge in [-0.15, -0.1) is 0 Å². The molecule has 1 aliphatic heterocycles. The molecule has 2 atom stereocenters. The molecule has 0 amide bonds. The van der Waals surface area contributed by atoms with Gasteiger partial charge in [0.25, 0.3) is 0 Å². The fraction of sp³-hybridized carbons (Fsp3) is 0.684. The maximum absolute atomic E-state index is 6.37. The maximum atomic E-state index is 6.37. The zero-order chi connectivity index (χ0) is 15.3. The predicted molar refractivity (Wildman–Crippen MR) is 90.0 cm³/mol. The lowest BCUT2D eigenvalue weighted by molar-refractivity contribution is 0.0383. The maximum Gasteiger partial charge on any atom is 0.124 e. The number of aryl methyl sites for hydroxylation is 1. The third kappa shape index (κ3) is 4.23. The topological polar surface area (TPSA) is 21.3 Å². The lowest BCUT2D eigenvalue weighted by atomic mass is 9.84. The summed E-state index contributed by atoms with van der Waals surface area (Å²) >= 11 is 0. The summed E-state index contributed by atoms with van der Waals surface area (Å²) in [5.41, 5.74) is 2.60. The molecule has 2 unspecified atom stereocenters. The van der Waals surface area contributed by atoms with E-state index >= 15 is 0 Å². The van der Waals surface area contributed by atoms with Crippen molar-refractivity contribution in [3.05, 3.63) is 29.3 Å². The Kier molecular flexibility index (Phi) is 5.69. The van der Waals surface area contributed by atoms with Crippen LogP contribution < -0.4 is 10.1 Å². The van der Waals surface area contributed by atoms with Gasteiger partial charge >= 0.3 is 0 Å². The van der Waals surface area contributed by atoms with Crippen molar-refractivity contribution in [2.45, 2.75) is 77.4 Å². The van der Waals surface area contributed by atoms with Crippen molar-refractivity contribution in [2.24, 2.45) is 0 Å². The fourth-order valence-electron chi connectivity index (χ4n) is 3.40. The van der Waals surface area contributed by atoms with E-state index in [4.69, 9.17) is 4.74 Å². The van der Waals surface area contributed by atoms with Crippen molar-refractivity contribution in [3.8, 4) is 5.75 Å². The predicted octanol–water partition coefficient (Wildman–Crippen LogP) is 5.16. The first-order chi connectivity index (χ1) is 10.1. The van der Waals surface area contributed by atoms with Crippen molar-refractivity contribution in [3.63, 3.8) is 0 Å². The van der Waals surface area contributed by atoms with E-state index in [0.717, 1.165) is 18.6 Å². The van der Waals surface area contributed by atoms with Crippen LogP contribution >= 0.6 is 0 Å². The van der Waals surface area contributed by atoms with Gasteiger partial charge in [0, 0.05) is 18.0 Å². The molecule has 1 aromatic carbocycles. The fourth-order valence-corrected chi connectivity index (χ4v) is 3.40. The van der Waals surface area contributed by atoms with Crippen molar-refractivity contribution < 1.29 is 4.74 Å². The number of ether oxygens (including phenoxy) is 1. The molecule has 0 saturated carbocycles. The number of nitrogens with one attached hydrogen (secondary N) is 1. The molecule has 1 aliphatic rings. The summed E-state index contributed by atoms with van der Waals surface area (Å²) in [6.07, 6.45) is 8.85. The molecule has 0 radical (unpaired) electrons. The van der Waals surface area contributed by atoms with Gasteiger partial charge in [0.15, 0.2) is 0 Å². The quantitative estimate of drug-likeness (QED) is 0.700. The number of unbranched alkanes of at least 4 members (excludes halogenated alkanes) is 4. The number of rotatable bonds is 7. The van der Waals surface area contributed by atoms with Crippen LogP contribution in [0.4, 0.5) is 0 Å². The minimum atomic E-state index is -0.0256. The summed E-state index contributed by atoms with van der Waals surface area (Å²) in [5.74, 6) is 1.07. The third-order valence-corrected chi connectivity index (χ3v) is 4.69. The number of fused-ring (bicyclic) bond motifs is 1. The SMILES string of the molecule is CCCCCCCC1(C)CC(NC)c2cc(C)ccc2O1. The summed E-state index contributed by atoms with van der Waals surface area (Å²) in [7, 11) is 2.06. The van der Waals surface area contributed by atoms with Gasteiger partial charge in [0.2, 0.25) is 0 Å². The van der Waals surface area contributed by atoms with Gasteiger partial charge < -0.3 is 10.1 Å². The smallest absolute Gasteiger partial charge is 0.124 e. The van der Waals surface area contributed by atoms with Crippen LogP contribution in [0.2, 0.25) is 0 Å². The molecule has 2 heteroatoms. The van der Waals surface area contributed by atoms with Gasteiger partial charge in [-0.1, -0.05) is 50.3 Å². The molecule has 0 spiro atoms. The highest BCUT2D eigenvalue weighted by molar-refractivity contribution is 5.41. The van der Waals surface area contributed by atoms with Crippen LogP contribution in [0, 0.1) is 6.92 Å². The first-order valence-corrected chi connectivity index (χ1v) is 8.55. The van der Waals surface area contributed by atoms with Crippen LogP contribution in [0.3, 0.4) is 0 Å². The summed E-state index contributed by atoms with van der Waals surface area (Å²) < 4.78 is 6.37. The van der Waals surface area contributed by atoms with Crippen molar-refractivity contribution in [1.82, 2.24) is 5.32 Å². The molecule has 118 valence electrons. The molecule has 0 aromatic heterocycles. The van der Waals surface area contributed by atoms with Crippen LogP contribution in [-0.4, -0.2) is 12.6 Å². The lowest BCUT2D eigenvalue weighted by Crippen LogP contribution is -2.41. The van der Waals surface area contributed by atoms with E-state index in [1.165, 1.54) is 43.2 Å². The van der Waals surface area contributed by atoms with Crippen LogP contribution in [-0.2, 0) is 0 Å². The second-order valence-electron chi connectivity index (χ2n) is 6.80. The molecule has 21 heavy (non-hydrogen) atoms. The molecular weight excluding hydrogens is 258 g/mol. The second-order valence-corrected chi connectivity index (χ2v) is 6.80. The Bertz CT molecular complexity index is 457. The van der Waals surface area contributed by atoms with Gasteiger partial charge in [-0.3, -0.25) is 0 Å². The van der Waals surface area contributed by atoms with E-state index in [-0.39, 0.29) is 5.60 Å². The van der Waals surface area contributed by atoms with Crippen molar-refractivity contribution >= 4 is 0 Å². The van der Waals surface area contributed by atoms with Gasteiger partial charge in [-0.25, -0.2) is 0 Å². The monoisotopic (exact) mass is 289 g/mol. The van der Waals surface area contributed by atoms with E-state index in [1.807, 2.05) is 0 Å². The number of hydrogen-bond donors (Lipinski definition) is 1. The van der Waals surface area contributed by atoms with Gasteiger partial charge in [-0.2, -0.15) is 0 Å². The van der Waals surface area contributed by atoms with E-state index in [1.54, 1.807) is 0 Å². The van der Waals surface area contributed by atoms with E-state index in [2.05, 4.69) is 51.3 Å². The summed E-state index contributed by atoms with van der Waals surface area (Å²) in [6, 6.07) is 6.97. The van der Waals surface area contributed by atoms with Crippen molar-refractivity contribution in [2.75, 3.05) is 7.05 Å². The number of hydrogen-bond acceptors (Lipinski definition) is 2. The highest BCUT2D eigenvalue weighted by Crippen LogP contribution is 2.41. The highest BCUT2D eigenvalue weighted by Gasteiger charge is 2.36. The molecule has 2 rings (SSSR count). The zero-order valence-electron chi connectivity index (χ0n) is 14.2. The normalized spacial score (nSPS) is 24.5. The first-order valence-electron chi connectivity index (χ1n) is 8.55. The summed E-state index contributed by atoms with van der Waals surface area (Å²) in [6.45, 7) is 6.69. The Morgan fingerprint density at radius 2 is 2.00 bits per heavy atom. The van der Waals surface area contributed by atoms with Gasteiger partial charge in [0.1, 0.15) is 11.4 Å². The second kappa shape index (κ2) is 7.31. The van der Waals surface area contributed by atoms with E-state index in [0.29, 0.717) is 6.04 Å². The Morgan fingerprint density at radius 3 is 2.71 bits per heavy atom. The van der Waals surface area contributed by atoms with Crippen molar-refractivity contribution in [1.29, 1.82) is 0 Å². The van der Waals surface area contributed by atoms with E-state index < -0.39 is 0 Å². The molecule has 0 fully saturated rings. The summed E-state index contributed by atoms with van der Waals surface area (Å²) in [5, 5.41) is 3.47. The lowest BCUT2D eigenvalue weighted by Gasteiger charge is -2.40. The molecule has 0 bridgehead atoms. The summed E-state index contributed by atoms with van der Waals surface area (Å²) in [4.78, 5) is 0. The van der Waals surface area contributed by atoms with Crippen LogP contribution in [0.5, 0.6) is 5.75 Å². The minimum absolute atomic E-state index is 0.0256. The standard InChI is InChI=1S/C19H31NO/c1-5-6-7-8-9-12-19(3)14-17(20-4)16-13-15(2)10-11-18(16)21-19/h10-11,13,17,20H,5-9,12,14H2,1-4H3. The number of benzene rings is 1.